The van der Waals surface area contributed by atoms with E-state index in [4.69, 9.17) is 9.47 Å². The second-order valence-corrected chi connectivity index (χ2v) is 4.21. The Morgan fingerprint density at radius 2 is 2.00 bits per heavy atom. The number of aryl methyl sites for hydroxylation is 1. The first-order valence-corrected chi connectivity index (χ1v) is 6.24. The third kappa shape index (κ3) is 4.30. The monoisotopic (exact) mass is 261 g/mol. The molecule has 0 saturated heterocycles. The van der Waals surface area contributed by atoms with Gasteiger partial charge in [-0.25, -0.2) is 4.98 Å². The highest BCUT2D eigenvalue weighted by Crippen LogP contribution is 2.16. The lowest BCUT2D eigenvalue weighted by atomic mass is 10.3. The molecule has 102 valence electrons. The Hall–Kier alpha value is -2.01. The van der Waals surface area contributed by atoms with Gasteiger partial charge in [0.15, 0.2) is 0 Å². The van der Waals surface area contributed by atoms with Gasteiger partial charge in [0.25, 0.3) is 0 Å². The second-order valence-electron chi connectivity index (χ2n) is 4.21. The summed E-state index contributed by atoms with van der Waals surface area (Å²) in [4.78, 5) is 7.34. The van der Waals surface area contributed by atoms with Gasteiger partial charge in [-0.3, -0.25) is 0 Å². The number of benzene rings is 1. The number of anilines is 1. The molecule has 1 heterocycles. The van der Waals surface area contributed by atoms with E-state index in [1.54, 1.807) is 7.11 Å². The summed E-state index contributed by atoms with van der Waals surface area (Å²) in [6, 6.07) is 7.86. The molecule has 1 aromatic heterocycles. The SMILES string of the molecule is COCCOc1ccc(NCc2cnc(C)[nH]2)cc1. The standard InChI is InChI=1S/C14H19N3O2/c1-11-15-9-13(17-11)10-16-12-3-5-14(6-4-12)19-8-7-18-2/h3-6,9,16H,7-8,10H2,1-2H3,(H,15,17). The van der Waals surface area contributed by atoms with Gasteiger partial charge in [0, 0.05) is 12.8 Å². The van der Waals surface area contributed by atoms with E-state index in [9.17, 15) is 0 Å². The van der Waals surface area contributed by atoms with Gasteiger partial charge in [0.05, 0.1) is 25.0 Å². The van der Waals surface area contributed by atoms with Crippen molar-refractivity contribution in [1.82, 2.24) is 9.97 Å². The molecular weight excluding hydrogens is 242 g/mol. The molecule has 0 radical (unpaired) electrons. The second kappa shape index (κ2) is 6.80. The number of rotatable bonds is 7. The van der Waals surface area contributed by atoms with Crippen LogP contribution in [0.5, 0.6) is 5.75 Å². The summed E-state index contributed by atoms with van der Waals surface area (Å²) in [7, 11) is 1.66. The van der Waals surface area contributed by atoms with Crippen LogP contribution >= 0.6 is 0 Å². The largest absolute Gasteiger partial charge is 0.491 e. The molecule has 0 fully saturated rings. The van der Waals surface area contributed by atoms with Crippen molar-refractivity contribution in [2.75, 3.05) is 25.6 Å². The minimum Gasteiger partial charge on any atom is -0.491 e. The highest BCUT2D eigenvalue weighted by molar-refractivity contribution is 5.46. The third-order valence-electron chi connectivity index (χ3n) is 2.65. The molecule has 0 aliphatic rings. The van der Waals surface area contributed by atoms with Crippen molar-refractivity contribution in [3.8, 4) is 5.75 Å². The molecule has 5 nitrogen and oxygen atoms in total. The molecule has 0 aliphatic heterocycles. The van der Waals surface area contributed by atoms with Gasteiger partial charge in [-0.2, -0.15) is 0 Å². The molecule has 2 N–H and O–H groups in total. The molecule has 2 aromatic rings. The molecule has 0 atom stereocenters. The summed E-state index contributed by atoms with van der Waals surface area (Å²) in [5.41, 5.74) is 2.12. The zero-order valence-electron chi connectivity index (χ0n) is 11.3. The number of aromatic amines is 1. The molecule has 0 spiro atoms. The predicted octanol–water partition coefficient (Wildman–Crippen LogP) is 2.36. The fourth-order valence-electron chi connectivity index (χ4n) is 1.67. The molecule has 1 aromatic carbocycles. The average Bonchev–Trinajstić information content (AvgIpc) is 2.84. The lowest BCUT2D eigenvalue weighted by Gasteiger charge is -2.08. The van der Waals surface area contributed by atoms with Crippen LogP contribution in [0.4, 0.5) is 5.69 Å². The quantitative estimate of drug-likeness (QED) is 0.751. The van der Waals surface area contributed by atoms with Crippen LogP contribution in [-0.4, -0.2) is 30.3 Å². The Bertz CT molecular complexity index is 494. The number of nitrogens with zero attached hydrogens (tertiary/aromatic N) is 1. The smallest absolute Gasteiger partial charge is 0.119 e. The highest BCUT2D eigenvalue weighted by Gasteiger charge is 1.98. The molecule has 0 unspecified atom stereocenters. The summed E-state index contributed by atoms with van der Waals surface area (Å²) in [6.45, 7) is 3.83. The molecule has 0 saturated carbocycles. The summed E-state index contributed by atoms with van der Waals surface area (Å²) in [6.07, 6.45) is 1.84. The van der Waals surface area contributed by atoms with Gasteiger partial charge in [-0.1, -0.05) is 0 Å². The van der Waals surface area contributed by atoms with Gasteiger partial charge in [-0.05, 0) is 31.2 Å². The number of hydrogen-bond acceptors (Lipinski definition) is 4. The first-order valence-electron chi connectivity index (χ1n) is 6.24. The normalized spacial score (nSPS) is 10.4. The summed E-state index contributed by atoms with van der Waals surface area (Å²) in [5, 5.41) is 3.32. The highest BCUT2D eigenvalue weighted by atomic mass is 16.5. The molecule has 0 amide bonds. The number of aromatic nitrogens is 2. The van der Waals surface area contributed by atoms with E-state index in [0.29, 0.717) is 13.2 Å². The van der Waals surface area contributed by atoms with Crippen LogP contribution in [0.25, 0.3) is 0 Å². The Morgan fingerprint density at radius 3 is 2.63 bits per heavy atom. The van der Waals surface area contributed by atoms with E-state index in [-0.39, 0.29) is 0 Å². The molecule has 19 heavy (non-hydrogen) atoms. The van der Waals surface area contributed by atoms with Crippen molar-refractivity contribution < 1.29 is 9.47 Å². The fraction of sp³-hybridized carbons (Fsp3) is 0.357. The average molecular weight is 261 g/mol. The maximum Gasteiger partial charge on any atom is 0.119 e. The van der Waals surface area contributed by atoms with Crippen LogP contribution < -0.4 is 10.1 Å². The van der Waals surface area contributed by atoms with Gasteiger partial charge in [0.1, 0.15) is 18.2 Å². The van der Waals surface area contributed by atoms with Crippen LogP contribution in [0, 0.1) is 6.92 Å². The zero-order chi connectivity index (χ0) is 13.5. The van der Waals surface area contributed by atoms with Crippen LogP contribution in [0.1, 0.15) is 11.5 Å². The Balaban J connectivity index is 1.81. The minimum atomic E-state index is 0.566. The van der Waals surface area contributed by atoms with Crippen molar-refractivity contribution in [2.24, 2.45) is 0 Å². The van der Waals surface area contributed by atoms with E-state index in [2.05, 4.69) is 15.3 Å². The summed E-state index contributed by atoms with van der Waals surface area (Å²) < 4.78 is 10.4. The van der Waals surface area contributed by atoms with Crippen molar-refractivity contribution in [3.63, 3.8) is 0 Å². The number of hydrogen-bond donors (Lipinski definition) is 2. The summed E-state index contributed by atoms with van der Waals surface area (Å²) >= 11 is 0. The molecular formula is C14H19N3O2. The zero-order valence-corrected chi connectivity index (χ0v) is 11.3. The van der Waals surface area contributed by atoms with E-state index in [0.717, 1.165) is 29.5 Å². The number of H-pyrrole nitrogens is 1. The van der Waals surface area contributed by atoms with Crippen LogP contribution in [-0.2, 0) is 11.3 Å². The van der Waals surface area contributed by atoms with Crippen molar-refractivity contribution in [2.45, 2.75) is 13.5 Å². The summed E-state index contributed by atoms with van der Waals surface area (Å²) in [5.74, 6) is 1.78. The number of ether oxygens (including phenoxy) is 2. The minimum absolute atomic E-state index is 0.566. The fourth-order valence-corrected chi connectivity index (χ4v) is 1.67. The van der Waals surface area contributed by atoms with E-state index >= 15 is 0 Å². The third-order valence-corrected chi connectivity index (χ3v) is 2.65. The Kier molecular flexibility index (Phi) is 4.80. The number of imidazole rings is 1. The van der Waals surface area contributed by atoms with Crippen molar-refractivity contribution in [1.29, 1.82) is 0 Å². The van der Waals surface area contributed by atoms with E-state index < -0.39 is 0 Å². The lowest BCUT2D eigenvalue weighted by molar-refractivity contribution is 0.146. The van der Waals surface area contributed by atoms with E-state index in [1.807, 2.05) is 37.4 Å². The molecule has 0 bridgehead atoms. The topological polar surface area (TPSA) is 59.2 Å². The van der Waals surface area contributed by atoms with Crippen LogP contribution in [0.3, 0.4) is 0 Å². The van der Waals surface area contributed by atoms with Gasteiger partial charge >= 0.3 is 0 Å². The Labute approximate surface area is 113 Å². The van der Waals surface area contributed by atoms with Crippen molar-refractivity contribution >= 4 is 5.69 Å². The molecule has 0 aliphatic carbocycles. The number of methoxy groups -OCH3 is 1. The molecule has 5 heteroatoms. The van der Waals surface area contributed by atoms with E-state index in [1.165, 1.54) is 0 Å². The Morgan fingerprint density at radius 1 is 1.21 bits per heavy atom. The lowest BCUT2D eigenvalue weighted by Crippen LogP contribution is -2.04. The van der Waals surface area contributed by atoms with Gasteiger partial charge < -0.3 is 19.8 Å². The maximum absolute atomic E-state index is 5.50. The predicted molar refractivity (Wildman–Crippen MR) is 74.5 cm³/mol. The van der Waals surface area contributed by atoms with Gasteiger partial charge in [0.2, 0.25) is 0 Å². The van der Waals surface area contributed by atoms with Crippen molar-refractivity contribution in [3.05, 3.63) is 42.0 Å². The molecule has 2 rings (SSSR count). The van der Waals surface area contributed by atoms with Crippen LogP contribution in [0.15, 0.2) is 30.5 Å². The first kappa shape index (κ1) is 13.4. The van der Waals surface area contributed by atoms with Gasteiger partial charge in [-0.15, -0.1) is 0 Å². The first-order chi connectivity index (χ1) is 9.28. The number of nitrogens with one attached hydrogen (secondary N) is 2. The maximum atomic E-state index is 5.50. The van der Waals surface area contributed by atoms with Crippen LogP contribution in [0.2, 0.25) is 0 Å².